The molecule has 3 rings (SSSR count). The number of benzene rings is 2. The second-order valence-electron chi connectivity index (χ2n) is 7.05. The summed E-state index contributed by atoms with van der Waals surface area (Å²) in [7, 11) is -3.68. The monoisotopic (exact) mass is 415 g/mol. The Morgan fingerprint density at radius 1 is 0.964 bits per heavy atom. The zero-order valence-electron chi connectivity index (χ0n) is 15.1. The van der Waals surface area contributed by atoms with Crippen LogP contribution in [-0.2, 0) is 22.0 Å². The van der Waals surface area contributed by atoms with Gasteiger partial charge in [0.2, 0.25) is 10.0 Å². The van der Waals surface area contributed by atoms with Gasteiger partial charge in [0, 0.05) is 13.1 Å². The minimum absolute atomic E-state index is 0.0366. The molecule has 2 aromatic rings. The largest absolute Gasteiger partial charge is 0.416 e. The van der Waals surface area contributed by atoms with Crippen LogP contribution in [0, 0.1) is 5.82 Å². The summed E-state index contributed by atoms with van der Waals surface area (Å²) in [6.45, 7) is 0.662. The predicted octanol–water partition coefficient (Wildman–Crippen LogP) is 4.94. The molecule has 0 spiro atoms. The Labute approximate surface area is 162 Å². The average molecular weight is 415 g/mol. The van der Waals surface area contributed by atoms with Crippen molar-refractivity contribution in [1.82, 2.24) is 4.31 Å². The zero-order chi connectivity index (χ0) is 20.4. The van der Waals surface area contributed by atoms with Crippen LogP contribution in [0.3, 0.4) is 0 Å². The van der Waals surface area contributed by atoms with Gasteiger partial charge in [0.1, 0.15) is 5.82 Å². The van der Waals surface area contributed by atoms with Crippen molar-refractivity contribution in [2.75, 3.05) is 13.1 Å². The van der Waals surface area contributed by atoms with Gasteiger partial charge in [0.05, 0.1) is 11.3 Å². The highest BCUT2D eigenvalue weighted by Gasteiger charge is 2.31. The number of alkyl halides is 3. The topological polar surface area (TPSA) is 37.4 Å². The first kappa shape index (κ1) is 20.8. The van der Waals surface area contributed by atoms with Crippen molar-refractivity contribution >= 4 is 10.0 Å². The fourth-order valence-electron chi connectivity index (χ4n) is 3.46. The number of sulfonamides is 1. The molecule has 152 valence electrons. The molecule has 1 saturated heterocycles. The number of hydrogen-bond acceptors (Lipinski definition) is 2. The first-order valence-corrected chi connectivity index (χ1v) is 10.7. The third-order valence-electron chi connectivity index (χ3n) is 5.00. The summed E-state index contributed by atoms with van der Waals surface area (Å²) in [4.78, 5) is 0. The maximum absolute atomic E-state index is 13.2. The summed E-state index contributed by atoms with van der Waals surface area (Å²) in [5, 5.41) is 0. The van der Waals surface area contributed by atoms with Crippen molar-refractivity contribution in [3.05, 3.63) is 71.0 Å². The zero-order valence-corrected chi connectivity index (χ0v) is 15.9. The molecule has 0 amide bonds. The van der Waals surface area contributed by atoms with E-state index in [1.807, 2.05) is 0 Å². The molecule has 1 unspecified atom stereocenters. The van der Waals surface area contributed by atoms with Crippen LogP contribution >= 0.6 is 0 Å². The highest BCUT2D eigenvalue weighted by molar-refractivity contribution is 7.88. The van der Waals surface area contributed by atoms with E-state index >= 15 is 0 Å². The van der Waals surface area contributed by atoms with Crippen molar-refractivity contribution in [3.63, 3.8) is 0 Å². The number of hydrogen-bond donors (Lipinski definition) is 0. The van der Waals surface area contributed by atoms with Crippen LogP contribution in [0.5, 0.6) is 0 Å². The lowest BCUT2D eigenvalue weighted by Crippen LogP contribution is -2.35. The van der Waals surface area contributed by atoms with Crippen LogP contribution in [0.1, 0.15) is 41.9 Å². The Hall–Kier alpha value is -1.93. The molecule has 0 aromatic heterocycles. The van der Waals surface area contributed by atoms with E-state index in [4.69, 9.17) is 0 Å². The van der Waals surface area contributed by atoms with E-state index in [1.165, 1.54) is 28.6 Å². The van der Waals surface area contributed by atoms with Crippen LogP contribution < -0.4 is 0 Å². The van der Waals surface area contributed by atoms with Crippen LogP contribution in [0.25, 0.3) is 0 Å². The number of halogens is 4. The van der Waals surface area contributed by atoms with E-state index in [0.29, 0.717) is 18.5 Å². The van der Waals surface area contributed by atoms with E-state index in [9.17, 15) is 26.0 Å². The SMILES string of the molecule is O=S(=O)(Cc1ccc(C(F)(F)F)cc1)N1CCCCC(c2ccc(F)cc2)C1. The second kappa shape index (κ2) is 8.21. The van der Waals surface area contributed by atoms with Gasteiger partial charge in [-0.3, -0.25) is 0 Å². The molecule has 8 heteroatoms. The fourth-order valence-corrected chi connectivity index (χ4v) is 5.07. The average Bonchev–Trinajstić information content (AvgIpc) is 2.89. The van der Waals surface area contributed by atoms with Crippen LogP contribution in [0.15, 0.2) is 48.5 Å². The molecule has 0 radical (unpaired) electrons. The molecule has 0 N–H and O–H groups in total. The molecular weight excluding hydrogens is 394 g/mol. The Bertz CT molecular complexity index is 893. The van der Waals surface area contributed by atoms with E-state index in [0.717, 1.165) is 30.5 Å². The summed E-state index contributed by atoms with van der Waals surface area (Å²) < 4.78 is 78.3. The third-order valence-corrected chi connectivity index (χ3v) is 6.82. The van der Waals surface area contributed by atoms with E-state index in [1.54, 1.807) is 12.1 Å². The third kappa shape index (κ3) is 5.11. The maximum Gasteiger partial charge on any atom is 0.416 e. The van der Waals surface area contributed by atoms with Crippen molar-refractivity contribution in [3.8, 4) is 0 Å². The summed E-state index contributed by atoms with van der Waals surface area (Å²) in [6.07, 6.45) is -2.08. The van der Waals surface area contributed by atoms with Gasteiger partial charge in [-0.25, -0.2) is 17.1 Å². The molecule has 1 heterocycles. The molecule has 0 bridgehead atoms. The Morgan fingerprint density at radius 3 is 2.21 bits per heavy atom. The molecule has 0 aliphatic carbocycles. The van der Waals surface area contributed by atoms with Crippen molar-refractivity contribution in [2.24, 2.45) is 0 Å². The van der Waals surface area contributed by atoms with Crippen molar-refractivity contribution in [1.29, 1.82) is 0 Å². The molecule has 1 atom stereocenters. The Kier molecular flexibility index (Phi) is 6.09. The van der Waals surface area contributed by atoms with Gasteiger partial charge in [-0.2, -0.15) is 13.2 Å². The van der Waals surface area contributed by atoms with E-state index < -0.39 is 21.8 Å². The molecule has 1 aliphatic heterocycles. The van der Waals surface area contributed by atoms with Gasteiger partial charge in [-0.05, 0) is 54.2 Å². The van der Waals surface area contributed by atoms with Gasteiger partial charge in [0.15, 0.2) is 0 Å². The lowest BCUT2D eigenvalue weighted by Gasteiger charge is -2.24. The van der Waals surface area contributed by atoms with Crippen LogP contribution in [-0.4, -0.2) is 25.8 Å². The molecule has 0 saturated carbocycles. The van der Waals surface area contributed by atoms with E-state index in [2.05, 4.69) is 0 Å². The van der Waals surface area contributed by atoms with Crippen LogP contribution in [0.4, 0.5) is 17.6 Å². The minimum atomic E-state index is -4.45. The van der Waals surface area contributed by atoms with Crippen molar-refractivity contribution in [2.45, 2.75) is 37.1 Å². The number of rotatable bonds is 4. The molecular formula is C20H21F4NO2S. The molecule has 3 nitrogen and oxygen atoms in total. The Balaban J connectivity index is 1.75. The fraction of sp³-hybridized carbons (Fsp3) is 0.400. The van der Waals surface area contributed by atoms with Crippen molar-refractivity contribution < 1.29 is 26.0 Å². The van der Waals surface area contributed by atoms with Gasteiger partial charge in [0.25, 0.3) is 0 Å². The normalized spacial score (nSPS) is 19.4. The molecule has 1 aliphatic rings. The lowest BCUT2D eigenvalue weighted by molar-refractivity contribution is -0.137. The van der Waals surface area contributed by atoms with E-state index in [-0.39, 0.29) is 24.0 Å². The molecule has 28 heavy (non-hydrogen) atoms. The van der Waals surface area contributed by atoms with Gasteiger partial charge < -0.3 is 0 Å². The van der Waals surface area contributed by atoms with Gasteiger partial charge in [-0.15, -0.1) is 0 Å². The van der Waals surface area contributed by atoms with Gasteiger partial charge >= 0.3 is 6.18 Å². The van der Waals surface area contributed by atoms with Crippen LogP contribution in [0.2, 0.25) is 0 Å². The quantitative estimate of drug-likeness (QED) is 0.663. The van der Waals surface area contributed by atoms with Gasteiger partial charge in [-0.1, -0.05) is 30.7 Å². The minimum Gasteiger partial charge on any atom is -0.212 e. The lowest BCUT2D eigenvalue weighted by atomic mass is 9.95. The molecule has 2 aromatic carbocycles. The predicted molar refractivity (Wildman–Crippen MR) is 98.6 cm³/mol. The molecule has 1 fully saturated rings. The summed E-state index contributed by atoms with van der Waals surface area (Å²) in [5.41, 5.74) is 0.397. The number of nitrogens with zero attached hydrogens (tertiary/aromatic N) is 1. The second-order valence-corrected chi connectivity index (χ2v) is 9.02. The summed E-state index contributed by atoms with van der Waals surface area (Å²) >= 11 is 0. The summed E-state index contributed by atoms with van der Waals surface area (Å²) in [6, 6.07) is 10.3. The Morgan fingerprint density at radius 2 is 1.61 bits per heavy atom. The maximum atomic E-state index is 13.2. The highest BCUT2D eigenvalue weighted by atomic mass is 32.2. The first-order valence-electron chi connectivity index (χ1n) is 9.04. The first-order chi connectivity index (χ1) is 13.1. The standard InChI is InChI=1S/C20H21F4NO2S/c21-19-10-6-16(7-11-19)17-3-1-2-12-25(13-17)28(26,27)14-15-4-8-18(9-5-15)20(22,23)24/h4-11,17H,1-3,12-14H2. The summed E-state index contributed by atoms with van der Waals surface area (Å²) in [5.74, 6) is -0.726. The smallest absolute Gasteiger partial charge is 0.212 e. The highest BCUT2D eigenvalue weighted by Crippen LogP contribution is 2.31.